The maximum Gasteiger partial charge on any atom is 0.321 e. The fourth-order valence-electron chi connectivity index (χ4n) is 0.733. The molecule has 0 saturated carbocycles. The minimum atomic E-state index is -1.05. The van der Waals surface area contributed by atoms with Gasteiger partial charge < -0.3 is 33.1 Å². The number of carboxylic acids is 2. The van der Waals surface area contributed by atoms with Crippen molar-refractivity contribution in [3.63, 3.8) is 0 Å². The first-order chi connectivity index (χ1) is 7.86. The normalized spacial score (nSPS) is 13.2. The van der Waals surface area contributed by atoms with Gasteiger partial charge in [0.15, 0.2) is 0 Å². The van der Waals surface area contributed by atoms with E-state index in [1.807, 2.05) is 0 Å². The molecule has 0 aromatic rings. The highest BCUT2D eigenvalue weighted by Crippen LogP contribution is 1.96. The highest BCUT2D eigenvalue weighted by Gasteiger charge is 2.09. The standard InChI is InChI=1S/C6H14N2O2.C3H8N2O2/c7-4-2-1-3-5(8)6(9)10;4-1-2(5)3(6)7/h5H,1-4,7-8H2,(H,9,10);2H,1,4-5H2,(H,6,7)/t5-;2-/m00/s1. The lowest BCUT2D eigenvalue weighted by atomic mass is 10.1. The summed E-state index contributed by atoms with van der Waals surface area (Å²) < 4.78 is 0. The van der Waals surface area contributed by atoms with E-state index in [2.05, 4.69) is 0 Å². The Bertz CT molecular complexity index is 225. The summed E-state index contributed by atoms with van der Waals surface area (Å²) in [6, 6.07) is -1.62. The zero-order valence-corrected chi connectivity index (χ0v) is 9.71. The molecule has 0 heterocycles. The largest absolute Gasteiger partial charge is 0.480 e. The highest BCUT2D eigenvalue weighted by molar-refractivity contribution is 5.73. The minimum Gasteiger partial charge on any atom is -0.480 e. The van der Waals surface area contributed by atoms with Crippen LogP contribution in [0, 0.1) is 0 Å². The SMILES string of the molecule is NCCCC[C@H](N)C(=O)O.NC[C@H](N)C(=O)O. The van der Waals surface area contributed by atoms with Crippen molar-refractivity contribution in [1.82, 2.24) is 0 Å². The van der Waals surface area contributed by atoms with Crippen molar-refractivity contribution in [3.05, 3.63) is 0 Å². The van der Waals surface area contributed by atoms with E-state index in [-0.39, 0.29) is 6.54 Å². The van der Waals surface area contributed by atoms with Crippen LogP contribution in [0.2, 0.25) is 0 Å². The van der Waals surface area contributed by atoms with Crippen LogP contribution < -0.4 is 22.9 Å². The van der Waals surface area contributed by atoms with Gasteiger partial charge in [0, 0.05) is 6.54 Å². The van der Waals surface area contributed by atoms with E-state index < -0.39 is 24.0 Å². The molecule has 0 bridgehead atoms. The summed E-state index contributed by atoms with van der Waals surface area (Å²) in [7, 11) is 0. The Hall–Kier alpha value is -1.22. The van der Waals surface area contributed by atoms with Crippen LogP contribution in [-0.2, 0) is 9.59 Å². The Morgan fingerprint density at radius 2 is 1.41 bits per heavy atom. The van der Waals surface area contributed by atoms with E-state index in [0.29, 0.717) is 13.0 Å². The molecule has 0 fully saturated rings. The first-order valence-corrected chi connectivity index (χ1v) is 5.23. The Labute approximate surface area is 99.9 Å². The van der Waals surface area contributed by atoms with Crippen LogP contribution in [0.1, 0.15) is 19.3 Å². The van der Waals surface area contributed by atoms with Crippen molar-refractivity contribution in [2.24, 2.45) is 22.9 Å². The molecule has 0 aliphatic carbocycles. The minimum absolute atomic E-state index is 0.00463. The monoisotopic (exact) mass is 250 g/mol. The molecule has 0 aromatic carbocycles. The molecule has 0 rings (SSSR count). The van der Waals surface area contributed by atoms with Gasteiger partial charge in [-0.05, 0) is 19.4 Å². The maximum absolute atomic E-state index is 10.1. The van der Waals surface area contributed by atoms with Gasteiger partial charge >= 0.3 is 11.9 Å². The van der Waals surface area contributed by atoms with Crippen molar-refractivity contribution in [3.8, 4) is 0 Å². The molecule has 17 heavy (non-hydrogen) atoms. The van der Waals surface area contributed by atoms with Crippen LogP contribution >= 0.6 is 0 Å². The lowest BCUT2D eigenvalue weighted by molar-refractivity contribution is -0.139. The Morgan fingerprint density at radius 3 is 1.65 bits per heavy atom. The van der Waals surface area contributed by atoms with Gasteiger partial charge in [0.25, 0.3) is 0 Å². The van der Waals surface area contributed by atoms with Gasteiger partial charge in [-0.15, -0.1) is 0 Å². The van der Waals surface area contributed by atoms with Crippen LogP contribution in [0.15, 0.2) is 0 Å². The second-order valence-electron chi connectivity index (χ2n) is 3.41. The average molecular weight is 250 g/mol. The topological polar surface area (TPSA) is 179 Å². The van der Waals surface area contributed by atoms with E-state index in [1.54, 1.807) is 0 Å². The fraction of sp³-hybridized carbons (Fsp3) is 0.778. The molecule has 0 spiro atoms. The predicted octanol–water partition coefficient (Wildman–Crippen LogP) is -2.12. The fourth-order valence-corrected chi connectivity index (χ4v) is 0.733. The molecule has 102 valence electrons. The van der Waals surface area contributed by atoms with Crippen LogP contribution in [-0.4, -0.2) is 47.3 Å². The molecule has 2 atom stereocenters. The summed E-state index contributed by atoms with van der Waals surface area (Å²) in [5.41, 5.74) is 20.2. The number of nitrogens with two attached hydrogens (primary N) is 4. The smallest absolute Gasteiger partial charge is 0.321 e. The molecular weight excluding hydrogens is 228 g/mol. The summed E-state index contributed by atoms with van der Waals surface area (Å²) in [6.07, 6.45) is 2.16. The van der Waals surface area contributed by atoms with Crippen LogP contribution in [0.3, 0.4) is 0 Å². The molecule has 8 heteroatoms. The van der Waals surface area contributed by atoms with E-state index in [9.17, 15) is 9.59 Å². The lowest BCUT2D eigenvalue weighted by Crippen LogP contribution is -2.37. The van der Waals surface area contributed by atoms with E-state index in [0.717, 1.165) is 12.8 Å². The van der Waals surface area contributed by atoms with Gasteiger partial charge in [0.2, 0.25) is 0 Å². The average Bonchev–Trinajstić information content (AvgIpc) is 2.28. The highest BCUT2D eigenvalue weighted by atomic mass is 16.4. The van der Waals surface area contributed by atoms with Crippen LogP contribution in [0.5, 0.6) is 0 Å². The van der Waals surface area contributed by atoms with Gasteiger partial charge in [0.1, 0.15) is 12.1 Å². The lowest BCUT2D eigenvalue weighted by Gasteiger charge is -2.03. The zero-order chi connectivity index (χ0) is 13.8. The van der Waals surface area contributed by atoms with Crippen LogP contribution in [0.4, 0.5) is 0 Å². The first kappa shape index (κ1) is 18.2. The second-order valence-corrected chi connectivity index (χ2v) is 3.41. The second kappa shape index (κ2) is 11.3. The van der Waals surface area contributed by atoms with Gasteiger partial charge in [-0.3, -0.25) is 9.59 Å². The number of hydrogen-bond donors (Lipinski definition) is 6. The van der Waals surface area contributed by atoms with Crippen molar-refractivity contribution in [2.45, 2.75) is 31.3 Å². The molecule has 0 amide bonds. The van der Waals surface area contributed by atoms with Gasteiger partial charge in [-0.25, -0.2) is 0 Å². The summed E-state index contributed by atoms with van der Waals surface area (Å²) >= 11 is 0. The van der Waals surface area contributed by atoms with Gasteiger partial charge in [-0.2, -0.15) is 0 Å². The number of hydrogen-bond acceptors (Lipinski definition) is 6. The third-order valence-corrected chi connectivity index (χ3v) is 1.86. The summed E-state index contributed by atoms with van der Waals surface area (Å²) in [5.74, 6) is -1.99. The number of carbonyl (C=O) groups is 2. The Kier molecular flexibility index (Phi) is 12.0. The molecule has 8 nitrogen and oxygen atoms in total. The molecule has 0 aliphatic heterocycles. The van der Waals surface area contributed by atoms with E-state index >= 15 is 0 Å². The van der Waals surface area contributed by atoms with Gasteiger partial charge in [-0.1, -0.05) is 6.42 Å². The number of aliphatic carboxylic acids is 2. The molecular formula is C9H22N4O4. The molecule has 0 aliphatic rings. The molecule has 0 unspecified atom stereocenters. The van der Waals surface area contributed by atoms with Gasteiger partial charge in [0.05, 0.1) is 0 Å². The predicted molar refractivity (Wildman–Crippen MR) is 63.2 cm³/mol. The molecule has 10 N–H and O–H groups in total. The van der Waals surface area contributed by atoms with Crippen molar-refractivity contribution in [2.75, 3.05) is 13.1 Å². The maximum atomic E-state index is 10.1. The number of unbranched alkanes of at least 4 members (excludes halogenated alkanes) is 1. The third kappa shape index (κ3) is 12.7. The number of rotatable bonds is 7. The first-order valence-electron chi connectivity index (χ1n) is 5.23. The molecule has 0 radical (unpaired) electrons. The molecule has 0 aromatic heterocycles. The van der Waals surface area contributed by atoms with Crippen molar-refractivity contribution < 1.29 is 19.8 Å². The van der Waals surface area contributed by atoms with Crippen LogP contribution in [0.25, 0.3) is 0 Å². The number of carboxylic acid groups (broad SMARTS) is 2. The van der Waals surface area contributed by atoms with Crippen molar-refractivity contribution in [1.29, 1.82) is 0 Å². The Morgan fingerprint density at radius 1 is 0.941 bits per heavy atom. The third-order valence-electron chi connectivity index (χ3n) is 1.86. The summed E-state index contributed by atoms with van der Waals surface area (Å²) in [6.45, 7) is 0.599. The quantitative estimate of drug-likeness (QED) is 0.277. The summed E-state index contributed by atoms with van der Waals surface area (Å²) in [4.78, 5) is 19.9. The van der Waals surface area contributed by atoms with Crippen molar-refractivity contribution >= 4 is 11.9 Å². The Balaban J connectivity index is 0. The molecule has 0 saturated heterocycles. The van der Waals surface area contributed by atoms with E-state index in [4.69, 9.17) is 33.1 Å². The zero-order valence-electron chi connectivity index (χ0n) is 9.71. The van der Waals surface area contributed by atoms with E-state index in [1.165, 1.54) is 0 Å². The summed E-state index contributed by atoms with van der Waals surface area (Å²) in [5, 5.41) is 16.3.